The van der Waals surface area contributed by atoms with Gasteiger partial charge in [-0.05, 0) is 36.6 Å². The van der Waals surface area contributed by atoms with Crippen molar-refractivity contribution in [3.05, 3.63) is 22.4 Å². The smallest absolute Gasteiger partial charge is 0.0898 e. The highest BCUT2D eigenvalue weighted by Crippen LogP contribution is 2.26. The Morgan fingerprint density at radius 1 is 1.43 bits per heavy atom. The number of nitrogens with one attached hydrogen (secondary N) is 1. The van der Waals surface area contributed by atoms with Crippen LogP contribution in [0.15, 0.2) is 17.5 Å². The molecule has 4 heteroatoms. The number of thiophene rings is 1. The Kier molecular flexibility index (Phi) is 7.17. The average Bonchev–Trinajstić information content (AvgIpc) is 3.01. The van der Waals surface area contributed by atoms with Gasteiger partial charge in [-0.3, -0.25) is 0 Å². The van der Waals surface area contributed by atoms with Crippen LogP contribution in [-0.4, -0.2) is 30.5 Å². The summed E-state index contributed by atoms with van der Waals surface area (Å²) < 4.78 is 5.93. The Hall–Kier alpha value is -0.420. The summed E-state index contributed by atoms with van der Waals surface area (Å²) >= 11 is 1.77. The first-order valence-corrected chi connectivity index (χ1v) is 9.15. The van der Waals surface area contributed by atoms with Crippen molar-refractivity contribution in [1.29, 1.82) is 0 Å². The molecule has 2 rings (SSSR count). The quantitative estimate of drug-likeness (QED) is 0.768. The molecule has 1 aliphatic rings. The molecular weight excluding hydrogens is 282 g/mol. The summed E-state index contributed by atoms with van der Waals surface area (Å²) in [5.74, 6) is 0.633. The van der Waals surface area contributed by atoms with Crippen molar-refractivity contribution in [3.63, 3.8) is 0 Å². The molecule has 1 aromatic heterocycles. The van der Waals surface area contributed by atoms with Crippen molar-refractivity contribution >= 4 is 11.3 Å². The van der Waals surface area contributed by atoms with E-state index in [1.165, 1.54) is 24.1 Å². The van der Waals surface area contributed by atoms with Crippen LogP contribution in [0.1, 0.15) is 56.9 Å². The normalized spacial score (nSPS) is 25.7. The molecule has 3 nitrogen and oxygen atoms in total. The van der Waals surface area contributed by atoms with E-state index in [0.717, 1.165) is 12.8 Å². The summed E-state index contributed by atoms with van der Waals surface area (Å²) in [6, 6.07) is 4.57. The van der Waals surface area contributed by atoms with Gasteiger partial charge in [0, 0.05) is 17.5 Å². The third-order valence-electron chi connectivity index (χ3n) is 4.43. The molecule has 2 N–H and O–H groups in total. The Labute approximate surface area is 132 Å². The van der Waals surface area contributed by atoms with Crippen LogP contribution in [0.25, 0.3) is 0 Å². The molecular formula is C17H29NO2S. The molecule has 0 saturated heterocycles. The summed E-state index contributed by atoms with van der Waals surface area (Å²) in [7, 11) is 0. The molecule has 21 heavy (non-hydrogen) atoms. The molecule has 120 valence electrons. The zero-order valence-corrected chi connectivity index (χ0v) is 14.1. The minimum atomic E-state index is -0.423. The zero-order chi connectivity index (χ0) is 15.1. The first-order chi connectivity index (χ1) is 10.2. The van der Waals surface area contributed by atoms with E-state index in [2.05, 4.69) is 36.7 Å². The minimum Gasteiger partial charge on any atom is -0.389 e. The predicted octanol–water partition coefficient (Wildman–Crippen LogP) is 3.75. The number of rotatable bonds is 8. The van der Waals surface area contributed by atoms with E-state index in [4.69, 9.17) is 4.74 Å². The Bertz CT molecular complexity index is 382. The van der Waals surface area contributed by atoms with Crippen LogP contribution in [0.2, 0.25) is 0 Å². The summed E-state index contributed by atoms with van der Waals surface area (Å²) in [6.45, 7) is 5.47. The zero-order valence-electron chi connectivity index (χ0n) is 13.3. The number of aliphatic hydroxyl groups is 1. The molecule has 1 aromatic rings. The van der Waals surface area contributed by atoms with Crippen molar-refractivity contribution in [3.8, 4) is 0 Å². The molecule has 0 radical (unpaired) electrons. The van der Waals surface area contributed by atoms with Gasteiger partial charge in [0.25, 0.3) is 0 Å². The molecule has 0 spiro atoms. The second kappa shape index (κ2) is 8.89. The lowest BCUT2D eigenvalue weighted by Gasteiger charge is -2.29. The SMILES string of the molecule is CCC(NCC(O)COC1CCCCC1C)c1cccs1. The van der Waals surface area contributed by atoms with Crippen molar-refractivity contribution in [2.24, 2.45) is 5.92 Å². The molecule has 0 aromatic carbocycles. The van der Waals surface area contributed by atoms with Crippen LogP contribution in [-0.2, 0) is 4.74 Å². The molecule has 0 amide bonds. The molecule has 1 fully saturated rings. The van der Waals surface area contributed by atoms with Gasteiger partial charge >= 0.3 is 0 Å². The van der Waals surface area contributed by atoms with Crippen LogP contribution < -0.4 is 5.32 Å². The van der Waals surface area contributed by atoms with Crippen LogP contribution in [0.5, 0.6) is 0 Å². The van der Waals surface area contributed by atoms with Gasteiger partial charge in [0.2, 0.25) is 0 Å². The van der Waals surface area contributed by atoms with Crippen molar-refractivity contribution in [2.75, 3.05) is 13.2 Å². The number of hydrogen-bond donors (Lipinski definition) is 2. The van der Waals surface area contributed by atoms with E-state index in [-0.39, 0.29) is 0 Å². The van der Waals surface area contributed by atoms with Gasteiger partial charge in [-0.2, -0.15) is 0 Å². The number of hydrogen-bond acceptors (Lipinski definition) is 4. The largest absolute Gasteiger partial charge is 0.389 e. The monoisotopic (exact) mass is 311 g/mol. The maximum atomic E-state index is 10.1. The lowest BCUT2D eigenvalue weighted by atomic mass is 9.88. The van der Waals surface area contributed by atoms with Crippen LogP contribution in [0.3, 0.4) is 0 Å². The van der Waals surface area contributed by atoms with Gasteiger partial charge in [0.1, 0.15) is 0 Å². The number of ether oxygens (including phenoxy) is 1. The van der Waals surface area contributed by atoms with Crippen LogP contribution >= 0.6 is 11.3 Å². The molecule has 1 saturated carbocycles. The van der Waals surface area contributed by atoms with Gasteiger partial charge in [-0.15, -0.1) is 11.3 Å². The first-order valence-electron chi connectivity index (χ1n) is 8.27. The lowest BCUT2D eigenvalue weighted by Crippen LogP contribution is -2.35. The van der Waals surface area contributed by atoms with Gasteiger partial charge in [-0.25, -0.2) is 0 Å². The minimum absolute atomic E-state index is 0.340. The predicted molar refractivity (Wildman–Crippen MR) is 88.7 cm³/mol. The highest BCUT2D eigenvalue weighted by Gasteiger charge is 2.22. The maximum absolute atomic E-state index is 10.1. The van der Waals surface area contributed by atoms with Gasteiger partial charge in [0.05, 0.1) is 18.8 Å². The van der Waals surface area contributed by atoms with Gasteiger partial charge in [0.15, 0.2) is 0 Å². The average molecular weight is 311 g/mol. The van der Waals surface area contributed by atoms with E-state index in [1.807, 2.05) is 0 Å². The molecule has 1 heterocycles. The van der Waals surface area contributed by atoms with Crippen LogP contribution in [0, 0.1) is 5.92 Å². The highest BCUT2D eigenvalue weighted by atomic mass is 32.1. The van der Waals surface area contributed by atoms with Gasteiger partial charge in [-0.1, -0.05) is 32.8 Å². The molecule has 0 aliphatic heterocycles. The maximum Gasteiger partial charge on any atom is 0.0898 e. The second-order valence-corrected chi connectivity index (χ2v) is 7.15. The molecule has 1 aliphatic carbocycles. The van der Waals surface area contributed by atoms with Crippen LogP contribution in [0.4, 0.5) is 0 Å². The highest BCUT2D eigenvalue weighted by molar-refractivity contribution is 7.10. The van der Waals surface area contributed by atoms with E-state index < -0.39 is 6.10 Å². The fraction of sp³-hybridized carbons (Fsp3) is 0.765. The second-order valence-electron chi connectivity index (χ2n) is 6.17. The van der Waals surface area contributed by atoms with Crippen molar-refractivity contribution in [2.45, 2.75) is 64.2 Å². The van der Waals surface area contributed by atoms with E-state index >= 15 is 0 Å². The topological polar surface area (TPSA) is 41.5 Å². The first kappa shape index (κ1) is 16.9. The third-order valence-corrected chi connectivity index (χ3v) is 5.42. The molecule has 0 bridgehead atoms. The standard InChI is InChI=1S/C17H29NO2S/c1-3-15(17-9-6-10-21-17)18-11-14(19)12-20-16-8-5-4-7-13(16)2/h6,9-10,13-16,18-19H,3-5,7-8,11-12H2,1-2H3. The molecule has 4 unspecified atom stereocenters. The van der Waals surface area contributed by atoms with E-state index in [1.54, 1.807) is 11.3 Å². The summed E-state index contributed by atoms with van der Waals surface area (Å²) in [5, 5.41) is 15.7. The lowest BCUT2D eigenvalue weighted by molar-refractivity contribution is -0.0456. The summed E-state index contributed by atoms with van der Waals surface area (Å²) in [5.41, 5.74) is 0. The fourth-order valence-electron chi connectivity index (χ4n) is 3.04. The Morgan fingerprint density at radius 3 is 2.90 bits per heavy atom. The Morgan fingerprint density at radius 2 is 2.24 bits per heavy atom. The van der Waals surface area contributed by atoms with E-state index in [0.29, 0.717) is 31.2 Å². The van der Waals surface area contributed by atoms with Crippen molar-refractivity contribution in [1.82, 2.24) is 5.32 Å². The van der Waals surface area contributed by atoms with Crippen molar-refractivity contribution < 1.29 is 9.84 Å². The molecule has 4 atom stereocenters. The third kappa shape index (κ3) is 5.37. The Balaban J connectivity index is 1.68. The summed E-state index contributed by atoms with van der Waals surface area (Å²) in [6.07, 6.45) is 5.95. The summed E-state index contributed by atoms with van der Waals surface area (Å²) in [4.78, 5) is 1.34. The van der Waals surface area contributed by atoms with E-state index in [9.17, 15) is 5.11 Å². The fourth-order valence-corrected chi connectivity index (χ4v) is 3.92. The van der Waals surface area contributed by atoms with Gasteiger partial charge < -0.3 is 15.2 Å². The number of aliphatic hydroxyl groups excluding tert-OH is 1.